The Morgan fingerprint density at radius 2 is 2.14 bits per heavy atom. The number of aliphatic hydroxyl groups excluding tert-OH is 1. The van der Waals surface area contributed by atoms with Gasteiger partial charge in [-0.25, -0.2) is 13.4 Å². The van der Waals surface area contributed by atoms with Gasteiger partial charge in [0.15, 0.2) is 0 Å². The monoisotopic (exact) mass is 323 g/mol. The quantitative estimate of drug-likeness (QED) is 0.831. The molecule has 6 nitrogen and oxygen atoms in total. The van der Waals surface area contributed by atoms with Gasteiger partial charge in [-0.3, -0.25) is 4.72 Å². The largest absolute Gasteiger partial charge is 0.384 e. The van der Waals surface area contributed by atoms with Gasteiger partial charge in [-0.15, -0.1) is 0 Å². The second-order valence-corrected chi connectivity index (χ2v) is 6.61. The van der Waals surface area contributed by atoms with E-state index >= 15 is 0 Å². The van der Waals surface area contributed by atoms with Crippen LogP contribution in [0.5, 0.6) is 0 Å². The Morgan fingerprint density at radius 3 is 2.76 bits per heavy atom. The summed E-state index contributed by atoms with van der Waals surface area (Å²) >= 11 is 0.971. The zero-order valence-corrected chi connectivity index (χ0v) is 13.0. The van der Waals surface area contributed by atoms with Crippen molar-refractivity contribution in [3.63, 3.8) is 0 Å². The number of hydrogen-bond acceptors (Lipinski definition) is 6. The summed E-state index contributed by atoms with van der Waals surface area (Å²) in [6, 6.07) is 4.82. The van der Waals surface area contributed by atoms with Crippen molar-refractivity contribution in [2.45, 2.75) is 18.7 Å². The number of benzene rings is 1. The Morgan fingerprint density at radius 1 is 1.38 bits per heavy atom. The smallest absolute Gasteiger partial charge is 0.264 e. The van der Waals surface area contributed by atoms with Crippen LogP contribution in [0.2, 0.25) is 0 Å². The van der Waals surface area contributed by atoms with Crippen molar-refractivity contribution >= 4 is 26.7 Å². The zero-order chi connectivity index (χ0) is 15.5. The molecule has 0 aliphatic heterocycles. The summed E-state index contributed by atoms with van der Waals surface area (Å²) in [5, 5.41) is 8.98. The van der Waals surface area contributed by atoms with E-state index < -0.39 is 10.0 Å². The number of nitrogens with one attached hydrogen (secondary N) is 1. The van der Waals surface area contributed by atoms with E-state index in [1.54, 1.807) is 19.1 Å². The first-order chi connectivity index (χ1) is 9.92. The minimum absolute atomic E-state index is 0.0434. The van der Waals surface area contributed by atoms with Crippen molar-refractivity contribution < 1.29 is 13.5 Å². The van der Waals surface area contributed by atoms with Crippen LogP contribution in [0.3, 0.4) is 0 Å². The maximum absolute atomic E-state index is 12.4. The molecule has 8 heteroatoms. The molecular weight excluding hydrogens is 310 g/mol. The minimum Gasteiger partial charge on any atom is -0.384 e. The molecule has 0 amide bonds. The van der Waals surface area contributed by atoms with E-state index in [9.17, 15) is 8.42 Å². The van der Waals surface area contributed by atoms with Crippen LogP contribution in [-0.4, -0.2) is 29.5 Å². The van der Waals surface area contributed by atoms with Crippen molar-refractivity contribution in [3.05, 3.63) is 35.2 Å². The van der Waals surface area contributed by atoms with Crippen LogP contribution in [0.4, 0.5) is 5.13 Å². The Balaban J connectivity index is 2.44. The van der Waals surface area contributed by atoms with Crippen LogP contribution in [0.1, 0.15) is 17.0 Å². The molecule has 2 aromatic rings. The van der Waals surface area contributed by atoms with Gasteiger partial charge in [-0.1, -0.05) is 17.9 Å². The lowest BCUT2D eigenvalue weighted by Gasteiger charge is -2.08. The third kappa shape index (κ3) is 3.78. The molecule has 1 aromatic carbocycles. The molecule has 21 heavy (non-hydrogen) atoms. The summed E-state index contributed by atoms with van der Waals surface area (Å²) in [7, 11) is -3.80. The number of sulfonamides is 1. The highest BCUT2D eigenvalue weighted by Gasteiger charge is 2.19. The summed E-state index contributed by atoms with van der Waals surface area (Å²) in [5.41, 5.74) is 1.21. The molecule has 0 spiro atoms. The van der Waals surface area contributed by atoms with Crippen LogP contribution in [0.25, 0.3) is 0 Å². The number of nitrogens with zero attached hydrogens (tertiary/aromatic N) is 2. The summed E-state index contributed by atoms with van der Waals surface area (Å²) in [5.74, 6) is 5.61. The normalized spacial score (nSPS) is 10.8. The first kappa shape index (κ1) is 15.4. The molecule has 1 heterocycles. The molecule has 0 unspecified atom stereocenters. The minimum atomic E-state index is -3.80. The maximum atomic E-state index is 12.4. The molecule has 2 N–H and O–H groups in total. The Bertz CT molecular complexity index is 817. The van der Waals surface area contributed by atoms with E-state index in [0.717, 1.165) is 17.1 Å². The van der Waals surface area contributed by atoms with Crippen LogP contribution in [0.15, 0.2) is 23.1 Å². The second kappa shape index (κ2) is 6.22. The number of hydrogen-bond donors (Lipinski definition) is 2. The maximum Gasteiger partial charge on any atom is 0.264 e. The molecule has 0 saturated carbocycles. The number of anilines is 1. The topological polar surface area (TPSA) is 92.2 Å². The molecule has 110 valence electrons. The third-order valence-electron chi connectivity index (χ3n) is 2.48. The van der Waals surface area contributed by atoms with Gasteiger partial charge in [-0.05, 0) is 31.5 Å². The molecule has 0 aliphatic rings. The molecule has 1 aromatic heterocycles. The van der Waals surface area contributed by atoms with Crippen molar-refractivity contribution in [1.29, 1.82) is 0 Å². The van der Waals surface area contributed by atoms with Crippen molar-refractivity contribution in [1.82, 2.24) is 9.36 Å². The van der Waals surface area contributed by atoms with Gasteiger partial charge in [-0.2, -0.15) is 4.37 Å². The SMILES string of the molecule is Cc1ccc(S(=O)(=O)Nc2nc(C)ns2)c(C#CCO)c1. The molecule has 0 bridgehead atoms. The lowest BCUT2D eigenvalue weighted by atomic mass is 10.1. The molecular formula is C13H13N3O3S2. The predicted octanol–water partition coefficient (Wildman–Crippen LogP) is 1.30. The highest BCUT2D eigenvalue weighted by molar-refractivity contribution is 7.93. The van der Waals surface area contributed by atoms with Crippen LogP contribution in [0, 0.1) is 25.7 Å². The first-order valence-electron chi connectivity index (χ1n) is 5.96. The highest BCUT2D eigenvalue weighted by Crippen LogP contribution is 2.21. The number of aryl methyl sites for hydroxylation is 2. The summed E-state index contributed by atoms with van der Waals surface area (Å²) in [6.45, 7) is 3.18. The second-order valence-electron chi connectivity index (χ2n) is 4.21. The van der Waals surface area contributed by atoms with Gasteiger partial charge in [0.1, 0.15) is 17.3 Å². The van der Waals surface area contributed by atoms with E-state index in [1.807, 2.05) is 6.92 Å². The van der Waals surface area contributed by atoms with E-state index in [2.05, 4.69) is 25.9 Å². The first-order valence-corrected chi connectivity index (χ1v) is 8.21. The Kier molecular flexibility index (Phi) is 4.57. The highest BCUT2D eigenvalue weighted by atomic mass is 32.2. The lowest BCUT2D eigenvalue weighted by molar-refractivity contribution is 0.350. The van der Waals surface area contributed by atoms with Gasteiger partial charge in [0.25, 0.3) is 10.0 Å². The van der Waals surface area contributed by atoms with Crippen LogP contribution in [-0.2, 0) is 10.0 Å². The molecule has 0 aliphatic carbocycles. The average molecular weight is 323 g/mol. The Hall–Kier alpha value is -1.95. The van der Waals surface area contributed by atoms with Crippen LogP contribution >= 0.6 is 11.5 Å². The van der Waals surface area contributed by atoms with E-state index in [0.29, 0.717) is 11.4 Å². The van der Waals surface area contributed by atoms with Gasteiger partial charge in [0.2, 0.25) is 5.13 Å². The molecule has 0 radical (unpaired) electrons. The average Bonchev–Trinajstić information content (AvgIpc) is 2.80. The van der Waals surface area contributed by atoms with E-state index in [1.165, 1.54) is 6.07 Å². The molecule has 0 saturated heterocycles. The summed E-state index contributed by atoms with van der Waals surface area (Å²) in [4.78, 5) is 4.02. The van der Waals surface area contributed by atoms with E-state index in [4.69, 9.17) is 5.11 Å². The van der Waals surface area contributed by atoms with Gasteiger partial charge >= 0.3 is 0 Å². The van der Waals surface area contributed by atoms with E-state index in [-0.39, 0.29) is 16.6 Å². The summed E-state index contributed by atoms with van der Waals surface area (Å²) in [6.07, 6.45) is 0. The number of aromatic nitrogens is 2. The summed E-state index contributed by atoms with van der Waals surface area (Å²) < 4.78 is 31.1. The van der Waals surface area contributed by atoms with Gasteiger partial charge in [0, 0.05) is 17.1 Å². The lowest BCUT2D eigenvalue weighted by Crippen LogP contribution is -2.14. The third-order valence-corrected chi connectivity index (χ3v) is 4.72. The van der Waals surface area contributed by atoms with Crippen molar-refractivity contribution in [2.24, 2.45) is 0 Å². The Labute approximate surface area is 127 Å². The molecule has 0 atom stereocenters. The van der Waals surface area contributed by atoms with Gasteiger partial charge in [0.05, 0.1) is 0 Å². The fourth-order valence-corrected chi connectivity index (χ4v) is 3.56. The molecule has 0 fully saturated rings. The van der Waals surface area contributed by atoms with Crippen molar-refractivity contribution in [3.8, 4) is 11.8 Å². The fraction of sp³-hybridized carbons (Fsp3) is 0.231. The predicted molar refractivity (Wildman–Crippen MR) is 80.6 cm³/mol. The van der Waals surface area contributed by atoms with Gasteiger partial charge < -0.3 is 5.11 Å². The van der Waals surface area contributed by atoms with Crippen LogP contribution < -0.4 is 4.72 Å². The number of rotatable bonds is 3. The van der Waals surface area contributed by atoms with Crippen molar-refractivity contribution in [2.75, 3.05) is 11.3 Å². The zero-order valence-electron chi connectivity index (χ0n) is 11.4. The fourth-order valence-electron chi connectivity index (χ4n) is 1.62. The standard InChI is InChI=1S/C13H13N3O3S2/c1-9-5-6-12(11(8-9)4-3-7-17)21(18,19)16-13-14-10(2)15-20-13/h5-6,8,17H,7H2,1-2H3,(H,14,15,16). The number of aliphatic hydroxyl groups is 1. The molecule has 2 rings (SSSR count).